The summed E-state index contributed by atoms with van der Waals surface area (Å²) in [5.41, 5.74) is 1.98. The summed E-state index contributed by atoms with van der Waals surface area (Å²) in [7, 11) is 0. The van der Waals surface area contributed by atoms with E-state index in [2.05, 4.69) is 27.3 Å². The molecule has 0 bridgehead atoms. The fourth-order valence-corrected chi connectivity index (χ4v) is 4.49. The number of carbonyl (C=O) groups excluding carboxylic acids is 2. The molecule has 1 aromatic heterocycles. The van der Waals surface area contributed by atoms with E-state index in [1.54, 1.807) is 0 Å². The molecule has 2 aliphatic heterocycles. The molecule has 1 aromatic carbocycles. The van der Waals surface area contributed by atoms with Gasteiger partial charge in [-0.05, 0) is 37.0 Å². The summed E-state index contributed by atoms with van der Waals surface area (Å²) in [6.07, 6.45) is 2.51. The van der Waals surface area contributed by atoms with Gasteiger partial charge in [-0.1, -0.05) is 30.4 Å². The Kier molecular flexibility index (Phi) is 6.71. The highest BCUT2D eigenvalue weighted by atomic mass is 32.1. The molecule has 4 rings (SSSR count). The lowest BCUT2D eigenvalue weighted by molar-refractivity contribution is -0.142. The number of nitrogens with one attached hydrogen (secondary N) is 1. The molecule has 2 saturated heterocycles. The van der Waals surface area contributed by atoms with Crippen LogP contribution in [0.4, 0.5) is 5.69 Å². The Morgan fingerprint density at radius 2 is 1.93 bits per heavy atom. The van der Waals surface area contributed by atoms with Crippen LogP contribution in [0.1, 0.15) is 40.1 Å². The second-order valence-electron chi connectivity index (χ2n) is 7.61. The maximum Gasteiger partial charge on any atom is 0.286 e. The first kappa shape index (κ1) is 20.9. The van der Waals surface area contributed by atoms with Gasteiger partial charge in [-0.3, -0.25) is 14.5 Å². The third-order valence-corrected chi connectivity index (χ3v) is 6.44. The van der Waals surface area contributed by atoms with Crippen molar-refractivity contribution < 1.29 is 14.3 Å². The Hall–Kier alpha value is -2.36. The molecule has 0 aliphatic carbocycles. The third-order valence-electron chi connectivity index (χ3n) is 5.53. The van der Waals surface area contributed by atoms with E-state index in [-0.39, 0.29) is 17.9 Å². The zero-order valence-corrected chi connectivity index (χ0v) is 18.0. The van der Waals surface area contributed by atoms with Gasteiger partial charge < -0.3 is 15.0 Å². The number of amides is 2. The molecule has 2 fully saturated rings. The summed E-state index contributed by atoms with van der Waals surface area (Å²) < 4.78 is 5.51. The predicted molar refractivity (Wildman–Crippen MR) is 115 cm³/mol. The Bertz CT molecular complexity index is 871. The number of hydrogen-bond donors (Lipinski definition) is 1. The zero-order chi connectivity index (χ0) is 20.9. The van der Waals surface area contributed by atoms with E-state index in [1.807, 2.05) is 29.2 Å². The fourth-order valence-electron chi connectivity index (χ4n) is 3.71. The van der Waals surface area contributed by atoms with Crippen molar-refractivity contribution in [3.8, 4) is 0 Å². The zero-order valence-electron chi connectivity index (χ0n) is 17.2. The molecule has 2 amide bonds. The molecule has 8 nitrogen and oxygen atoms in total. The van der Waals surface area contributed by atoms with Crippen molar-refractivity contribution >= 4 is 28.8 Å². The number of ether oxygens (including phenoxy) is 1. The summed E-state index contributed by atoms with van der Waals surface area (Å²) >= 11 is 1.31. The van der Waals surface area contributed by atoms with Crippen molar-refractivity contribution in [2.24, 2.45) is 0 Å². The largest absolute Gasteiger partial charge is 0.368 e. The molecular formula is C21H27N5O3S. The molecule has 0 saturated carbocycles. The molecule has 3 heterocycles. The Balaban J connectivity index is 1.26. The second kappa shape index (κ2) is 9.63. The van der Waals surface area contributed by atoms with Crippen LogP contribution in [-0.2, 0) is 22.5 Å². The predicted octanol–water partition coefficient (Wildman–Crippen LogP) is 2.18. The van der Waals surface area contributed by atoms with Gasteiger partial charge in [-0.15, -0.1) is 10.2 Å². The Labute approximate surface area is 180 Å². The van der Waals surface area contributed by atoms with Crippen LogP contribution in [0.25, 0.3) is 0 Å². The molecule has 30 heavy (non-hydrogen) atoms. The third kappa shape index (κ3) is 5.03. The van der Waals surface area contributed by atoms with Gasteiger partial charge in [0, 0.05) is 38.5 Å². The summed E-state index contributed by atoms with van der Waals surface area (Å²) in [5.74, 6) is -0.121. The van der Waals surface area contributed by atoms with Gasteiger partial charge in [-0.25, -0.2) is 0 Å². The number of aromatic nitrogens is 2. The lowest BCUT2D eigenvalue weighted by Gasteiger charge is -2.35. The van der Waals surface area contributed by atoms with E-state index in [0.717, 1.165) is 43.0 Å². The van der Waals surface area contributed by atoms with Crippen LogP contribution in [0.2, 0.25) is 0 Å². The van der Waals surface area contributed by atoms with Crippen molar-refractivity contribution in [1.82, 2.24) is 20.0 Å². The first-order valence-electron chi connectivity index (χ1n) is 10.5. The SMILES string of the molecule is CCc1ccc(NC(=O)c2nnc(CN3CCN(C(=O)C4CCCO4)CC3)s2)cc1. The number of benzene rings is 1. The van der Waals surface area contributed by atoms with E-state index in [1.165, 1.54) is 16.9 Å². The number of carbonyl (C=O) groups is 2. The summed E-state index contributed by atoms with van der Waals surface area (Å²) in [6.45, 7) is 6.37. The lowest BCUT2D eigenvalue weighted by Crippen LogP contribution is -2.51. The Morgan fingerprint density at radius 1 is 1.17 bits per heavy atom. The van der Waals surface area contributed by atoms with Gasteiger partial charge in [-0.2, -0.15) is 0 Å². The highest BCUT2D eigenvalue weighted by molar-refractivity contribution is 7.13. The lowest BCUT2D eigenvalue weighted by atomic mass is 10.1. The minimum absolute atomic E-state index is 0.119. The van der Waals surface area contributed by atoms with Crippen molar-refractivity contribution in [2.75, 3.05) is 38.1 Å². The summed E-state index contributed by atoms with van der Waals surface area (Å²) in [6, 6.07) is 7.81. The molecule has 0 spiro atoms. The standard InChI is InChI=1S/C21H27N5O3S/c1-2-15-5-7-16(8-6-15)22-19(27)20-24-23-18(30-20)14-25-9-11-26(12-10-25)21(28)17-4-3-13-29-17/h5-8,17H,2-4,9-14H2,1H3,(H,22,27). The van der Waals surface area contributed by atoms with Crippen molar-refractivity contribution in [3.63, 3.8) is 0 Å². The number of nitrogens with zero attached hydrogens (tertiary/aromatic N) is 4. The van der Waals surface area contributed by atoms with Gasteiger partial charge in [0.15, 0.2) is 0 Å². The highest BCUT2D eigenvalue weighted by Gasteiger charge is 2.30. The van der Waals surface area contributed by atoms with Crippen LogP contribution in [-0.4, -0.2) is 70.7 Å². The molecular weight excluding hydrogens is 402 g/mol. The van der Waals surface area contributed by atoms with Crippen molar-refractivity contribution in [1.29, 1.82) is 0 Å². The molecule has 9 heteroatoms. The highest BCUT2D eigenvalue weighted by Crippen LogP contribution is 2.19. The van der Waals surface area contributed by atoms with E-state index in [0.29, 0.717) is 31.2 Å². The quantitative estimate of drug-likeness (QED) is 0.757. The van der Waals surface area contributed by atoms with E-state index in [9.17, 15) is 9.59 Å². The summed E-state index contributed by atoms with van der Waals surface area (Å²) in [4.78, 5) is 29.0. The number of anilines is 1. The first-order valence-corrected chi connectivity index (χ1v) is 11.3. The van der Waals surface area contributed by atoms with Crippen LogP contribution in [0.15, 0.2) is 24.3 Å². The van der Waals surface area contributed by atoms with Crippen molar-refractivity contribution in [3.05, 3.63) is 39.8 Å². The molecule has 1 atom stereocenters. The van der Waals surface area contributed by atoms with E-state index < -0.39 is 0 Å². The summed E-state index contributed by atoms with van der Waals surface area (Å²) in [5, 5.41) is 12.3. The average Bonchev–Trinajstić information content (AvgIpc) is 3.47. The van der Waals surface area contributed by atoms with Gasteiger partial charge >= 0.3 is 0 Å². The Morgan fingerprint density at radius 3 is 2.60 bits per heavy atom. The van der Waals surface area contributed by atoms with Crippen LogP contribution < -0.4 is 5.32 Å². The maximum absolute atomic E-state index is 12.4. The van der Waals surface area contributed by atoms with Crippen molar-refractivity contribution in [2.45, 2.75) is 38.8 Å². The molecule has 1 N–H and O–H groups in total. The van der Waals surface area contributed by atoms with Gasteiger partial charge in [0.2, 0.25) is 5.01 Å². The van der Waals surface area contributed by atoms with E-state index >= 15 is 0 Å². The minimum atomic E-state index is -0.251. The van der Waals surface area contributed by atoms with Gasteiger partial charge in [0.25, 0.3) is 11.8 Å². The number of rotatable bonds is 6. The number of aryl methyl sites for hydroxylation is 1. The first-order chi connectivity index (χ1) is 14.6. The number of piperazine rings is 1. The van der Waals surface area contributed by atoms with Crippen LogP contribution in [0.3, 0.4) is 0 Å². The van der Waals surface area contributed by atoms with Gasteiger partial charge in [0.05, 0.1) is 6.54 Å². The smallest absolute Gasteiger partial charge is 0.286 e. The topological polar surface area (TPSA) is 87.7 Å². The number of hydrogen-bond acceptors (Lipinski definition) is 7. The molecule has 2 aromatic rings. The van der Waals surface area contributed by atoms with Crippen LogP contribution in [0.5, 0.6) is 0 Å². The van der Waals surface area contributed by atoms with Crippen LogP contribution in [0, 0.1) is 0 Å². The second-order valence-corrected chi connectivity index (χ2v) is 8.67. The minimum Gasteiger partial charge on any atom is -0.368 e. The van der Waals surface area contributed by atoms with Gasteiger partial charge in [0.1, 0.15) is 11.1 Å². The van der Waals surface area contributed by atoms with E-state index in [4.69, 9.17) is 4.74 Å². The average molecular weight is 430 g/mol. The molecule has 1 unspecified atom stereocenters. The van der Waals surface area contributed by atoms with Crippen LogP contribution >= 0.6 is 11.3 Å². The molecule has 160 valence electrons. The maximum atomic E-state index is 12.4. The molecule has 0 radical (unpaired) electrons. The normalized spacial score (nSPS) is 19.8. The fraction of sp³-hybridized carbons (Fsp3) is 0.524. The monoisotopic (exact) mass is 429 g/mol. The molecule has 2 aliphatic rings.